The summed E-state index contributed by atoms with van der Waals surface area (Å²) in [4.78, 5) is 27.2. The van der Waals surface area contributed by atoms with E-state index < -0.39 is 0 Å². The number of carbonyl (C=O) groups excluding carboxylic acids is 2. The molecule has 1 saturated carbocycles. The van der Waals surface area contributed by atoms with Crippen molar-refractivity contribution in [2.45, 2.75) is 27.2 Å². The fraction of sp³-hybridized carbons (Fsp3) is 0.364. The van der Waals surface area contributed by atoms with E-state index in [1.807, 2.05) is 37.3 Å². The number of anilines is 3. The van der Waals surface area contributed by atoms with Gasteiger partial charge in [-0.25, -0.2) is 0 Å². The first kappa shape index (κ1) is 20.2. The zero-order chi connectivity index (χ0) is 20.3. The number of hydrogen-bond acceptors (Lipinski definition) is 3. The highest BCUT2D eigenvalue weighted by molar-refractivity contribution is 6.31. The molecule has 148 valence electrons. The molecule has 0 spiro atoms. The maximum absolute atomic E-state index is 12.5. The van der Waals surface area contributed by atoms with Crippen molar-refractivity contribution in [1.82, 2.24) is 0 Å². The molecule has 2 aromatic carbocycles. The van der Waals surface area contributed by atoms with E-state index in [-0.39, 0.29) is 23.7 Å². The van der Waals surface area contributed by atoms with Gasteiger partial charge in [-0.15, -0.1) is 0 Å². The summed E-state index contributed by atoms with van der Waals surface area (Å²) in [6.07, 6.45) is 0.564. The highest BCUT2D eigenvalue weighted by Crippen LogP contribution is 2.40. The molecule has 1 fully saturated rings. The van der Waals surface area contributed by atoms with E-state index in [1.54, 1.807) is 12.1 Å². The van der Waals surface area contributed by atoms with Gasteiger partial charge in [0.05, 0.1) is 11.8 Å². The van der Waals surface area contributed by atoms with Gasteiger partial charge >= 0.3 is 0 Å². The number of rotatable bonds is 7. The van der Waals surface area contributed by atoms with E-state index in [1.165, 1.54) is 0 Å². The van der Waals surface area contributed by atoms with E-state index >= 15 is 0 Å². The van der Waals surface area contributed by atoms with Crippen LogP contribution in [-0.4, -0.2) is 24.9 Å². The maximum atomic E-state index is 12.5. The molecule has 0 radical (unpaired) electrons. The summed E-state index contributed by atoms with van der Waals surface area (Å²) in [5.74, 6) is -0.837. The van der Waals surface area contributed by atoms with Crippen LogP contribution in [0, 0.1) is 18.8 Å². The predicted octanol–water partition coefficient (Wildman–Crippen LogP) is 4.71. The van der Waals surface area contributed by atoms with Gasteiger partial charge in [0.1, 0.15) is 0 Å². The van der Waals surface area contributed by atoms with Crippen molar-refractivity contribution >= 4 is 40.5 Å². The number of halogens is 1. The van der Waals surface area contributed by atoms with Crippen LogP contribution in [0.15, 0.2) is 42.5 Å². The van der Waals surface area contributed by atoms with Crippen LogP contribution >= 0.6 is 11.6 Å². The van der Waals surface area contributed by atoms with Crippen LogP contribution < -0.4 is 15.5 Å². The van der Waals surface area contributed by atoms with Crippen molar-refractivity contribution in [3.05, 3.63) is 53.1 Å². The van der Waals surface area contributed by atoms with Crippen LogP contribution in [0.1, 0.15) is 25.8 Å². The van der Waals surface area contributed by atoms with Crippen LogP contribution in [0.2, 0.25) is 5.02 Å². The third-order valence-electron chi connectivity index (χ3n) is 5.18. The van der Waals surface area contributed by atoms with Gasteiger partial charge in [-0.1, -0.05) is 17.7 Å². The molecule has 3 rings (SSSR count). The maximum Gasteiger partial charge on any atom is 0.228 e. The van der Waals surface area contributed by atoms with Gasteiger partial charge in [-0.3, -0.25) is 9.59 Å². The highest BCUT2D eigenvalue weighted by atomic mass is 35.5. The second-order valence-corrected chi connectivity index (χ2v) is 7.54. The predicted molar refractivity (Wildman–Crippen MR) is 115 cm³/mol. The summed E-state index contributed by atoms with van der Waals surface area (Å²) < 4.78 is 0. The first-order valence-corrected chi connectivity index (χ1v) is 10.0. The van der Waals surface area contributed by atoms with E-state index in [4.69, 9.17) is 11.6 Å². The molecule has 0 bridgehead atoms. The van der Waals surface area contributed by atoms with Crippen LogP contribution in [0.5, 0.6) is 0 Å². The lowest BCUT2D eigenvalue weighted by molar-refractivity contribution is -0.122. The second-order valence-electron chi connectivity index (χ2n) is 7.11. The molecule has 5 nitrogen and oxygen atoms in total. The number of carbonyl (C=O) groups is 2. The van der Waals surface area contributed by atoms with Crippen molar-refractivity contribution < 1.29 is 9.59 Å². The Morgan fingerprint density at radius 1 is 1.00 bits per heavy atom. The Morgan fingerprint density at radius 3 is 2.21 bits per heavy atom. The summed E-state index contributed by atoms with van der Waals surface area (Å²) in [5, 5.41) is 6.37. The SMILES string of the molecule is CCN(CC)c1ccc(NC(=O)C2CC2C(=O)Nc2cc(Cl)ccc2C)cc1. The largest absolute Gasteiger partial charge is 0.372 e. The third-order valence-corrected chi connectivity index (χ3v) is 5.42. The Labute approximate surface area is 171 Å². The van der Waals surface area contributed by atoms with Gasteiger partial charge < -0.3 is 15.5 Å². The first-order chi connectivity index (χ1) is 13.4. The van der Waals surface area contributed by atoms with Crippen LogP contribution in [0.3, 0.4) is 0 Å². The van der Waals surface area contributed by atoms with Crippen LogP contribution in [-0.2, 0) is 9.59 Å². The Bertz CT molecular complexity index is 863. The fourth-order valence-electron chi connectivity index (χ4n) is 3.31. The van der Waals surface area contributed by atoms with Crippen molar-refractivity contribution in [2.24, 2.45) is 11.8 Å². The van der Waals surface area contributed by atoms with Crippen LogP contribution in [0.4, 0.5) is 17.1 Å². The molecule has 2 N–H and O–H groups in total. The number of aryl methyl sites for hydroxylation is 1. The Kier molecular flexibility index (Phi) is 6.25. The van der Waals surface area contributed by atoms with Gasteiger partial charge in [0.2, 0.25) is 11.8 Å². The molecular formula is C22H26ClN3O2. The van der Waals surface area contributed by atoms with Crippen LogP contribution in [0.25, 0.3) is 0 Å². The van der Waals surface area contributed by atoms with Gasteiger partial charge in [0.25, 0.3) is 0 Å². The summed E-state index contributed by atoms with van der Waals surface area (Å²) in [5.41, 5.74) is 3.50. The van der Waals surface area contributed by atoms with E-state index in [0.29, 0.717) is 17.1 Å². The minimum absolute atomic E-state index is 0.112. The van der Waals surface area contributed by atoms with Gasteiger partial charge in [0, 0.05) is 35.2 Å². The molecule has 2 unspecified atom stereocenters. The third kappa shape index (κ3) is 4.65. The molecule has 1 aliphatic carbocycles. The Balaban J connectivity index is 1.55. The minimum atomic E-state index is -0.298. The number of hydrogen-bond donors (Lipinski definition) is 2. The molecule has 0 heterocycles. The zero-order valence-corrected chi connectivity index (χ0v) is 17.2. The molecular weight excluding hydrogens is 374 g/mol. The molecule has 0 saturated heterocycles. The first-order valence-electron chi connectivity index (χ1n) is 9.65. The molecule has 2 atom stereocenters. The molecule has 0 aromatic heterocycles. The lowest BCUT2D eigenvalue weighted by atomic mass is 10.2. The number of nitrogens with zero attached hydrogens (tertiary/aromatic N) is 1. The summed E-state index contributed by atoms with van der Waals surface area (Å²) in [7, 11) is 0. The summed E-state index contributed by atoms with van der Waals surface area (Å²) in [6, 6.07) is 13.2. The van der Waals surface area contributed by atoms with E-state index in [9.17, 15) is 9.59 Å². The molecule has 2 amide bonds. The van der Waals surface area contributed by atoms with Crippen molar-refractivity contribution in [3.8, 4) is 0 Å². The lowest BCUT2D eigenvalue weighted by Gasteiger charge is -2.21. The smallest absolute Gasteiger partial charge is 0.228 e. The average molecular weight is 400 g/mol. The quantitative estimate of drug-likeness (QED) is 0.708. The number of amides is 2. The normalized spacial score (nSPS) is 17.7. The topological polar surface area (TPSA) is 61.4 Å². The molecule has 6 heteroatoms. The Hall–Kier alpha value is -2.53. The zero-order valence-electron chi connectivity index (χ0n) is 16.5. The van der Waals surface area contributed by atoms with Crippen molar-refractivity contribution in [1.29, 1.82) is 0 Å². The molecule has 0 aliphatic heterocycles. The van der Waals surface area contributed by atoms with Gasteiger partial charge in [0.15, 0.2) is 0 Å². The van der Waals surface area contributed by atoms with Gasteiger partial charge in [-0.05, 0) is 69.2 Å². The Morgan fingerprint density at radius 2 is 1.61 bits per heavy atom. The fourth-order valence-corrected chi connectivity index (χ4v) is 3.48. The lowest BCUT2D eigenvalue weighted by Crippen LogP contribution is -2.22. The summed E-state index contributed by atoms with van der Waals surface area (Å²) in [6.45, 7) is 8.01. The van der Waals surface area contributed by atoms with E-state index in [0.717, 1.165) is 30.0 Å². The molecule has 1 aliphatic rings. The van der Waals surface area contributed by atoms with Crippen molar-refractivity contribution in [2.75, 3.05) is 28.6 Å². The second kappa shape index (κ2) is 8.65. The number of nitrogens with one attached hydrogen (secondary N) is 2. The molecule has 2 aromatic rings. The minimum Gasteiger partial charge on any atom is -0.372 e. The summed E-state index contributed by atoms with van der Waals surface area (Å²) >= 11 is 6.00. The standard InChI is InChI=1S/C22H26ClN3O2/c1-4-26(5-2)17-10-8-16(9-11-17)24-21(27)18-13-19(18)22(28)25-20-12-15(23)7-6-14(20)3/h6-12,18-19H,4-5,13H2,1-3H3,(H,24,27)(H,25,28). The number of benzene rings is 2. The molecule has 28 heavy (non-hydrogen) atoms. The highest BCUT2D eigenvalue weighted by Gasteiger charge is 2.48. The average Bonchev–Trinajstić information content (AvgIpc) is 3.48. The van der Waals surface area contributed by atoms with E-state index in [2.05, 4.69) is 29.4 Å². The van der Waals surface area contributed by atoms with Gasteiger partial charge in [-0.2, -0.15) is 0 Å². The monoisotopic (exact) mass is 399 g/mol. The van der Waals surface area contributed by atoms with Crippen molar-refractivity contribution in [3.63, 3.8) is 0 Å².